The van der Waals surface area contributed by atoms with E-state index in [4.69, 9.17) is 21.1 Å². The Balaban J connectivity index is 1.58. The van der Waals surface area contributed by atoms with Crippen LogP contribution in [0.1, 0.15) is 23.6 Å². The van der Waals surface area contributed by atoms with Crippen LogP contribution in [0, 0.1) is 0 Å². The van der Waals surface area contributed by atoms with Crippen molar-refractivity contribution in [3.8, 4) is 11.5 Å². The van der Waals surface area contributed by atoms with E-state index in [-0.39, 0.29) is 5.56 Å². The maximum Gasteiger partial charge on any atom is 0.274 e. The first kappa shape index (κ1) is 23.1. The predicted molar refractivity (Wildman–Crippen MR) is 143 cm³/mol. The molecule has 0 amide bonds. The van der Waals surface area contributed by atoms with Crippen molar-refractivity contribution in [2.45, 2.75) is 20.0 Å². The Morgan fingerprint density at radius 3 is 2.69 bits per heavy atom. The molecule has 0 aliphatic carbocycles. The summed E-state index contributed by atoms with van der Waals surface area (Å²) in [5.41, 5.74) is 4.20. The quantitative estimate of drug-likeness (QED) is 0.251. The monoisotopic (exact) mass is 502 g/mol. The van der Waals surface area contributed by atoms with Crippen LogP contribution in [0.3, 0.4) is 0 Å². The molecular weight excluding hydrogens is 480 g/mol. The van der Waals surface area contributed by atoms with Crippen LogP contribution in [-0.2, 0) is 13.0 Å². The summed E-state index contributed by atoms with van der Waals surface area (Å²) >= 11 is 7.69. The molecule has 5 aromatic rings. The molecule has 3 aromatic carbocycles. The normalized spacial score (nSPS) is 11.9. The molecule has 35 heavy (non-hydrogen) atoms. The van der Waals surface area contributed by atoms with Crippen LogP contribution >= 0.6 is 22.9 Å². The fourth-order valence-corrected chi connectivity index (χ4v) is 5.21. The maximum atomic E-state index is 13.2. The largest absolute Gasteiger partial charge is 0.490 e. The lowest BCUT2D eigenvalue weighted by atomic mass is 10.1. The number of para-hydroxylation sites is 2. The van der Waals surface area contributed by atoms with Crippen molar-refractivity contribution in [3.05, 3.63) is 110 Å². The Bertz CT molecular complexity index is 1650. The molecular formula is C28H23ClN2O3S. The predicted octanol–water partition coefficient (Wildman–Crippen LogP) is 5.82. The Hall–Kier alpha value is -3.61. The van der Waals surface area contributed by atoms with Gasteiger partial charge in [0.05, 0.1) is 22.2 Å². The smallest absolute Gasteiger partial charge is 0.274 e. The van der Waals surface area contributed by atoms with Crippen molar-refractivity contribution in [2.75, 3.05) is 6.61 Å². The summed E-state index contributed by atoms with van der Waals surface area (Å²) in [6, 6.07) is 19.2. The van der Waals surface area contributed by atoms with E-state index in [0.29, 0.717) is 45.6 Å². The van der Waals surface area contributed by atoms with Crippen LogP contribution in [-0.4, -0.2) is 16.0 Å². The molecule has 2 aromatic heterocycles. The molecule has 0 bridgehead atoms. The molecule has 0 saturated carbocycles. The van der Waals surface area contributed by atoms with Crippen LogP contribution in [0.2, 0.25) is 5.02 Å². The third-order valence-corrected chi connectivity index (χ3v) is 6.93. The average molecular weight is 503 g/mol. The van der Waals surface area contributed by atoms with Crippen LogP contribution in [0.25, 0.3) is 22.1 Å². The van der Waals surface area contributed by atoms with Gasteiger partial charge in [-0.1, -0.05) is 59.3 Å². The summed E-state index contributed by atoms with van der Waals surface area (Å²) in [7, 11) is 0. The van der Waals surface area contributed by atoms with Gasteiger partial charge in [0.2, 0.25) is 0 Å². The molecule has 5 rings (SSSR count). The van der Waals surface area contributed by atoms with E-state index < -0.39 is 0 Å². The molecule has 0 fully saturated rings. The Kier molecular flexibility index (Phi) is 6.57. The summed E-state index contributed by atoms with van der Waals surface area (Å²) < 4.78 is 14.4. The highest BCUT2D eigenvalue weighted by atomic mass is 35.5. The third-order valence-electron chi connectivity index (χ3n) is 5.59. The van der Waals surface area contributed by atoms with Crippen molar-refractivity contribution < 1.29 is 9.47 Å². The molecule has 0 aliphatic rings. The summed E-state index contributed by atoms with van der Waals surface area (Å²) in [4.78, 5) is 18.5. The molecule has 0 spiro atoms. The first-order valence-electron chi connectivity index (χ1n) is 11.3. The summed E-state index contributed by atoms with van der Waals surface area (Å²) in [5, 5.41) is 0.652. The minimum Gasteiger partial charge on any atom is -0.490 e. The van der Waals surface area contributed by atoms with E-state index >= 15 is 0 Å². The standard InChI is InChI=1S/C28H23ClN2O3S/c1-3-9-19-14-18(15-24(33-4-2)26(19)34-17-20-10-5-6-11-21(20)29)16-25-27(32)31-23-13-8-7-12-22(23)30-28(31)35-25/h3,5-8,10-16H,1,4,9,17H2,2H3/b25-16-. The number of benzene rings is 3. The van der Waals surface area contributed by atoms with Crippen LogP contribution < -0.4 is 19.6 Å². The van der Waals surface area contributed by atoms with E-state index in [1.807, 2.05) is 79.7 Å². The second kappa shape index (κ2) is 9.94. The minimum atomic E-state index is -0.0824. The first-order valence-corrected chi connectivity index (χ1v) is 12.5. The first-order chi connectivity index (χ1) is 17.1. The Morgan fingerprint density at radius 2 is 1.89 bits per heavy atom. The summed E-state index contributed by atoms with van der Waals surface area (Å²) in [5.74, 6) is 1.27. The highest BCUT2D eigenvalue weighted by Crippen LogP contribution is 2.35. The number of ether oxygens (including phenoxy) is 2. The second-order valence-electron chi connectivity index (χ2n) is 7.95. The van der Waals surface area contributed by atoms with E-state index in [1.54, 1.807) is 4.40 Å². The Morgan fingerprint density at radius 1 is 1.09 bits per heavy atom. The number of aromatic nitrogens is 2. The van der Waals surface area contributed by atoms with Gasteiger partial charge >= 0.3 is 0 Å². The fraction of sp³-hybridized carbons (Fsp3) is 0.143. The van der Waals surface area contributed by atoms with Gasteiger partial charge in [0.1, 0.15) is 6.61 Å². The van der Waals surface area contributed by atoms with Gasteiger partial charge in [-0.05, 0) is 55.3 Å². The van der Waals surface area contributed by atoms with E-state index in [0.717, 1.165) is 27.7 Å². The van der Waals surface area contributed by atoms with Crippen LogP contribution in [0.4, 0.5) is 0 Å². The van der Waals surface area contributed by atoms with Gasteiger partial charge in [0.15, 0.2) is 16.5 Å². The molecule has 0 aliphatic heterocycles. The molecule has 0 saturated heterocycles. The lowest BCUT2D eigenvalue weighted by Gasteiger charge is -2.17. The fourth-order valence-electron chi connectivity index (χ4n) is 4.03. The molecule has 5 nitrogen and oxygen atoms in total. The number of nitrogens with zero attached hydrogens (tertiary/aromatic N) is 2. The highest BCUT2D eigenvalue weighted by molar-refractivity contribution is 7.15. The van der Waals surface area contributed by atoms with E-state index in [1.165, 1.54) is 11.3 Å². The minimum absolute atomic E-state index is 0.0824. The number of thiazole rings is 1. The van der Waals surface area contributed by atoms with Gasteiger partial charge in [-0.25, -0.2) is 9.38 Å². The van der Waals surface area contributed by atoms with Crippen molar-refractivity contribution >= 4 is 45.0 Å². The number of imidazole rings is 1. The molecule has 7 heteroatoms. The van der Waals surface area contributed by atoms with Gasteiger partial charge in [0.25, 0.3) is 5.56 Å². The number of hydrogen-bond acceptors (Lipinski definition) is 5. The molecule has 0 atom stereocenters. The zero-order valence-electron chi connectivity index (χ0n) is 19.2. The summed E-state index contributed by atoms with van der Waals surface area (Å²) in [6.45, 7) is 6.61. The molecule has 0 radical (unpaired) electrons. The van der Waals surface area contributed by atoms with E-state index in [9.17, 15) is 4.79 Å². The van der Waals surface area contributed by atoms with Crippen molar-refractivity contribution in [1.82, 2.24) is 9.38 Å². The van der Waals surface area contributed by atoms with Crippen molar-refractivity contribution in [3.63, 3.8) is 0 Å². The average Bonchev–Trinajstić information content (AvgIpc) is 3.36. The van der Waals surface area contributed by atoms with Crippen molar-refractivity contribution in [1.29, 1.82) is 0 Å². The van der Waals surface area contributed by atoms with Gasteiger partial charge in [-0.2, -0.15) is 0 Å². The number of fused-ring (bicyclic) bond motifs is 3. The van der Waals surface area contributed by atoms with Crippen molar-refractivity contribution in [2.24, 2.45) is 0 Å². The topological polar surface area (TPSA) is 52.8 Å². The lowest BCUT2D eigenvalue weighted by molar-refractivity contribution is 0.267. The van der Waals surface area contributed by atoms with E-state index in [2.05, 4.69) is 11.6 Å². The molecule has 2 heterocycles. The molecule has 0 unspecified atom stereocenters. The molecule has 176 valence electrons. The molecule has 0 N–H and O–H groups in total. The van der Waals surface area contributed by atoms with Gasteiger partial charge < -0.3 is 9.47 Å². The SMILES string of the molecule is C=CCc1cc(/C=c2\sc3nc4ccccc4n3c2=O)cc(OCC)c1OCc1ccccc1Cl. The van der Waals surface area contributed by atoms with Gasteiger partial charge in [-0.15, -0.1) is 6.58 Å². The number of halogens is 1. The second-order valence-corrected chi connectivity index (χ2v) is 9.36. The zero-order chi connectivity index (χ0) is 24.4. The van der Waals surface area contributed by atoms with Crippen LogP contribution in [0.15, 0.2) is 78.1 Å². The van der Waals surface area contributed by atoms with Gasteiger partial charge in [0, 0.05) is 16.1 Å². The third kappa shape index (κ3) is 4.55. The number of allylic oxidation sites excluding steroid dienone is 1. The van der Waals surface area contributed by atoms with Crippen LogP contribution in [0.5, 0.6) is 11.5 Å². The maximum absolute atomic E-state index is 13.2. The number of rotatable bonds is 8. The highest BCUT2D eigenvalue weighted by Gasteiger charge is 2.15. The Labute approximate surface area is 211 Å². The summed E-state index contributed by atoms with van der Waals surface area (Å²) in [6.07, 6.45) is 4.28. The zero-order valence-corrected chi connectivity index (χ0v) is 20.7. The number of hydrogen-bond donors (Lipinski definition) is 0. The lowest BCUT2D eigenvalue weighted by Crippen LogP contribution is -2.22. The van der Waals surface area contributed by atoms with Gasteiger partial charge in [-0.3, -0.25) is 4.79 Å².